The van der Waals surface area contributed by atoms with Crippen LogP contribution in [0.25, 0.3) is 22.4 Å². The fourth-order valence-corrected chi connectivity index (χ4v) is 2.03. The molecule has 0 amide bonds. The number of benzene rings is 2. The summed E-state index contributed by atoms with van der Waals surface area (Å²) in [6.07, 6.45) is 0. The first kappa shape index (κ1) is 12.0. The number of anilines is 1. The Balaban J connectivity index is 2.20. The molecule has 20 heavy (non-hydrogen) atoms. The third-order valence-electron chi connectivity index (χ3n) is 3.07. The van der Waals surface area contributed by atoms with E-state index in [4.69, 9.17) is 5.73 Å². The summed E-state index contributed by atoms with van der Waals surface area (Å²) in [5, 5.41) is 21.4. The molecule has 3 N–H and O–H groups in total. The van der Waals surface area contributed by atoms with Crippen LogP contribution in [0.4, 0.5) is 11.4 Å². The Kier molecular flexibility index (Phi) is 2.57. The Morgan fingerprint density at radius 1 is 1.20 bits per heavy atom. The molecular weight excluding hydrogens is 256 g/mol. The molecule has 0 spiro atoms. The van der Waals surface area contributed by atoms with Gasteiger partial charge >= 0.3 is 0 Å². The number of rotatable bonds is 2. The van der Waals surface area contributed by atoms with Crippen LogP contribution >= 0.6 is 0 Å². The van der Waals surface area contributed by atoms with Crippen molar-refractivity contribution >= 4 is 29.1 Å². The minimum Gasteiger partial charge on any atom is -0.619 e. The Labute approximate surface area is 114 Å². The Morgan fingerprint density at radius 3 is 2.55 bits per heavy atom. The van der Waals surface area contributed by atoms with Gasteiger partial charge in [-0.2, -0.15) is 9.47 Å². The SMILES string of the molecule is C=[N+]([O-])c1ccc2nc(-c3ccc(N)cc3)n(O)c2c1. The largest absolute Gasteiger partial charge is 0.619 e. The van der Waals surface area contributed by atoms with Gasteiger partial charge in [-0.25, -0.2) is 4.98 Å². The van der Waals surface area contributed by atoms with Crippen molar-refractivity contribution in [3.63, 3.8) is 0 Å². The van der Waals surface area contributed by atoms with E-state index in [0.29, 0.717) is 33.0 Å². The van der Waals surface area contributed by atoms with E-state index in [1.165, 1.54) is 6.07 Å². The van der Waals surface area contributed by atoms with Gasteiger partial charge in [0.25, 0.3) is 0 Å². The average molecular weight is 268 g/mol. The molecule has 6 nitrogen and oxygen atoms in total. The van der Waals surface area contributed by atoms with E-state index in [0.717, 1.165) is 10.3 Å². The van der Waals surface area contributed by atoms with Crippen LogP contribution < -0.4 is 5.73 Å². The molecule has 100 valence electrons. The maximum absolute atomic E-state index is 11.2. The molecule has 6 heteroatoms. The first-order valence-electron chi connectivity index (χ1n) is 5.91. The van der Waals surface area contributed by atoms with E-state index in [9.17, 15) is 10.4 Å². The molecule has 0 saturated heterocycles. The lowest BCUT2D eigenvalue weighted by molar-refractivity contribution is -0.349. The summed E-state index contributed by atoms with van der Waals surface area (Å²) < 4.78 is 1.43. The van der Waals surface area contributed by atoms with Gasteiger partial charge < -0.3 is 16.1 Å². The number of nitrogen functional groups attached to an aromatic ring is 1. The topological polar surface area (TPSA) is 90.1 Å². The molecular formula is C14H12N4O2. The summed E-state index contributed by atoms with van der Waals surface area (Å²) >= 11 is 0. The number of aromatic nitrogens is 2. The number of fused-ring (bicyclic) bond motifs is 1. The summed E-state index contributed by atoms with van der Waals surface area (Å²) in [4.78, 5) is 4.34. The number of hydrogen-bond donors (Lipinski definition) is 2. The first-order chi connectivity index (χ1) is 9.56. The summed E-state index contributed by atoms with van der Waals surface area (Å²) in [5.41, 5.74) is 8.37. The number of hydrogen-bond acceptors (Lipinski definition) is 4. The first-order valence-corrected chi connectivity index (χ1v) is 5.91. The number of nitrogens with zero attached hydrogens (tertiary/aromatic N) is 3. The van der Waals surface area contributed by atoms with Crippen molar-refractivity contribution in [2.45, 2.75) is 0 Å². The molecule has 0 aliphatic heterocycles. The lowest BCUT2D eigenvalue weighted by atomic mass is 10.2. The molecule has 0 unspecified atom stereocenters. The van der Waals surface area contributed by atoms with Crippen molar-refractivity contribution in [3.8, 4) is 11.4 Å². The molecule has 0 aliphatic carbocycles. The van der Waals surface area contributed by atoms with E-state index in [1.54, 1.807) is 36.4 Å². The van der Waals surface area contributed by atoms with Crippen LogP contribution in [0, 0.1) is 5.21 Å². The second-order valence-corrected chi connectivity index (χ2v) is 4.42. The second-order valence-electron chi connectivity index (χ2n) is 4.42. The van der Waals surface area contributed by atoms with Gasteiger partial charge in [0.2, 0.25) is 5.69 Å². The van der Waals surface area contributed by atoms with E-state index in [2.05, 4.69) is 11.7 Å². The van der Waals surface area contributed by atoms with Gasteiger partial charge in [0.05, 0.1) is 5.52 Å². The third kappa shape index (κ3) is 1.83. The fraction of sp³-hybridized carbons (Fsp3) is 0. The highest BCUT2D eigenvalue weighted by molar-refractivity contribution is 5.82. The third-order valence-corrected chi connectivity index (χ3v) is 3.07. The Hall–Kier alpha value is -3.02. The van der Waals surface area contributed by atoms with Gasteiger partial charge in [0, 0.05) is 23.4 Å². The second kappa shape index (κ2) is 4.27. The maximum Gasteiger partial charge on any atom is 0.218 e. The molecule has 0 bridgehead atoms. The molecule has 1 aromatic heterocycles. The Bertz CT molecular complexity index is 806. The van der Waals surface area contributed by atoms with Gasteiger partial charge in [0.1, 0.15) is 12.2 Å². The zero-order valence-corrected chi connectivity index (χ0v) is 10.5. The van der Waals surface area contributed by atoms with Crippen molar-refractivity contribution in [3.05, 3.63) is 47.7 Å². The number of nitrogens with two attached hydrogens (primary N) is 1. The number of imidazole rings is 1. The van der Waals surface area contributed by atoms with E-state index >= 15 is 0 Å². The molecule has 0 fully saturated rings. The monoisotopic (exact) mass is 268 g/mol. The van der Waals surface area contributed by atoms with Crippen molar-refractivity contribution in [1.82, 2.24) is 9.71 Å². The van der Waals surface area contributed by atoms with E-state index in [-0.39, 0.29) is 0 Å². The van der Waals surface area contributed by atoms with Gasteiger partial charge in [-0.1, -0.05) is 0 Å². The smallest absolute Gasteiger partial charge is 0.218 e. The molecule has 0 aliphatic rings. The lowest BCUT2D eigenvalue weighted by Gasteiger charge is -2.02. The van der Waals surface area contributed by atoms with Crippen LogP contribution in [-0.4, -0.2) is 26.4 Å². The van der Waals surface area contributed by atoms with E-state index in [1.807, 2.05) is 0 Å². The standard InChI is InChI=1S/C14H12N4O2/c1-17(19)11-6-7-12-13(8-11)18(20)14(16-12)9-2-4-10(15)5-3-9/h2-8,20H,1,15H2. The predicted molar refractivity (Wildman–Crippen MR) is 77.2 cm³/mol. The molecule has 1 heterocycles. The van der Waals surface area contributed by atoms with Gasteiger partial charge in [-0.05, 0) is 30.3 Å². The van der Waals surface area contributed by atoms with Crippen LogP contribution in [0.1, 0.15) is 0 Å². The summed E-state index contributed by atoms with van der Waals surface area (Å²) in [5.74, 6) is 0.388. The molecule has 3 rings (SSSR count). The van der Waals surface area contributed by atoms with Crippen molar-refractivity contribution in [2.24, 2.45) is 0 Å². The molecule has 0 radical (unpaired) electrons. The van der Waals surface area contributed by atoms with Crippen molar-refractivity contribution < 1.29 is 9.95 Å². The van der Waals surface area contributed by atoms with E-state index < -0.39 is 0 Å². The van der Waals surface area contributed by atoms with Crippen molar-refractivity contribution in [1.29, 1.82) is 0 Å². The Morgan fingerprint density at radius 2 is 1.90 bits per heavy atom. The lowest BCUT2D eigenvalue weighted by Crippen LogP contribution is -1.95. The fourth-order valence-electron chi connectivity index (χ4n) is 2.03. The van der Waals surface area contributed by atoms with Gasteiger partial charge in [0.15, 0.2) is 5.82 Å². The normalized spacial score (nSPS) is 10.8. The highest BCUT2D eigenvalue weighted by Gasteiger charge is 2.14. The van der Waals surface area contributed by atoms with Crippen molar-refractivity contribution in [2.75, 3.05) is 5.73 Å². The maximum atomic E-state index is 11.2. The minimum absolute atomic E-state index is 0.344. The summed E-state index contributed by atoms with van der Waals surface area (Å²) in [6.45, 7) is 3.27. The van der Waals surface area contributed by atoms with Gasteiger partial charge in [-0.15, -0.1) is 0 Å². The molecule has 0 saturated carbocycles. The quantitative estimate of drug-likeness (QED) is 0.186. The minimum atomic E-state index is 0.344. The molecule has 0 atom stereocenters. The predicted octanol–water partition coefficient (Wildman–Crippen LogP) is 2.37. The summed E-state index contributed by atoms with van der Waals surface area (Å²) in [7, 11) is 0. The molecule has 3 aromatic rings. The average Bonchev–Trinajstić information content (AvgIpc) is 2.76. The highest BCUT2D eigenvalue weighted by atomic mass is 16.5. The van der Waals surface area contributed by atoms with Crippen LogP contribution in [0.5, 0.6) is 0 Å². The zero-order valence-electron chi connectivity index (χ0n) is 10.5. The highest BCUT2D eigenvalue weighted by Crippen LogP contribution is 2.26. The summed E-state index contributed by atoms with van der Waals surface area (Å²) in [6, 6.07) is 11.8. The van der Waals surface area contributed by atoms with Crippen LogP contribution in [-0.2, 0) is 0 Å². The molecule has 2 aromatic carbocycles. The van der Waals surface area contributed by atoms with Gasteiger partial charge in [-0.3, -0.25) is 0 Å². The van der Waals surface area contributed by atoms with Crippen LogP contribution in [0.3, 0.4) is 0 Å². The van der Waals surface area contributed by atoms with Crippen LogP contribution in [0.15, 0.2) is 42.5 Å². The van der Waals surface area contributed by atoms with Crippen LogP contribution in [0.2, 0.25) is 0 Å². The zero-order chi connectivity index (χ0) is 14.3.